The molecule has 2 rings (SSSR count). The summed E-state index contributed by atoms with van der Waals surface area (Å²) in [6, 6.07) is 13.3. The topological polar surface area (TPSA) is 45.6 Å². The Morgan fingerprint density at radius 2 is 2.09 bits per heavy atom. The zero-order chi connectivity index (χ0) is 15.9. The Morgan fingerprint density at radius 1 is 1.27 bits per heavy atom. The third-order valence-corrected chi connectivity index (χ3v) is 3.32. The van der Waals surface area contributed by atoms with Gasteiger partial charge in [0, 0.05) is 5.69 Å². The Balaban J connectivity index is 1.91. The van der Waals surface area contributed by atoms with Gasteiger partial charge in [-0.1, -0.05) is 23.7 Å². The highest BCUT2D eigenvalue weighted by Gasteiger charge is 2.00. The number of halogens is 1. The van der Waals surface area contributed by atoms with Gasteiger partial charge in [0.05, 0.1) is 18.3 Å². The van der Waals surface area contributed by atoms with Gasteiger partial charge < -0.3 is 10.1 Å². The number of thiocarbonyl (C=S) groups is 1. The molecule has 0 amide bonds. The molecule has 0 fully saturated rings. The van der Waals surface area contributed by atoms with Crippen LogP contribution in [0.1, 0.15) is 11.1 Å². The van der Waals surface area contributed by atoms with Gasteiger partial charge in [0.1, 0.15) is 5.75 Å². The van der Waals surface area contributed by atoms with Gasteiger partial charge in [0.2, 0.25) is 0 Å². The molecule has 2 aromatic carbocycles. The van der Waals surface area contributed by atoms with Crippen LogP contribution in [0.4, 0.5) is 5.69 Å². The molecule has 0 bridgehead atoms. The fourth-order valence-electron chi connectivity index (χ4n) is 1.81. The first kappa shape index (κ1) is 16.3. The molecule has 0 aliphatic heterocycles. The summed E-state index contributed by atoms with van der Waals surface area (Å²) in [4.78, 5) is 0. The molecule has 2 aromatic rings. The van der Waals surface area contributed by atoms with E-state index in [1.807, 2.05) is 37.3 Å². The monoisotopic (exact) mass is 333 g/mol. The fraction of sp³-hybridized carbons (Fsp3) is 0.125. The summed E-state index contributed by atoms with van der Waals surface area (Å²) >= 11 is 11.2. The molecule has 0 unspecified atom stereocenters. The van der Waals surface area contributed by atoms with Gasteiger partial charge in [-0.25, -0.2) is 0 Å². The number of ether oxygens (including phenoxy) is 1. The van der Waals surface area contributed by atoms with Crippen LogP contribution in [0.25, 0.3) is 0 Å². The van der Waals surface area contributed by atoms with Crippen molar-refractivity contribution in [3.05, 3.63) is 58.6 Å². The van der Waals surface area contributed by atoms with Crippen LogP contribution in [-0.4, -0.2) is 18.4 Å². The summed E-state index contributed by atoms with van der Waals surface area (Å²) in [6.07, 6.45) is 1.63. The number of nitrogens with zero attached hydrogens (tertiary/aromatic N) is 1. The van der Waals surface area contributed by atoms with Crippen LogP contribution in [0.3, 0.4) is 0 Å². The lowest BCUT2D eigenvalue weighted by Crippen LogP contribution is -2.23. The van der Waals surface area contributed by atoms with Gasteiger partial charge in [-0.3, -0.25) is 5.43 Å². The average molecular weight is 334 g/mol. The summed E-state index contributed by atoms with van der Waals surface area (Å²) in [6.45, 7) is 2.02. The number of hydrogen-bond donors (Lipinski definition) is 2. The number of anilines is 1. The third kappa shape index (κ3) is 4.72. The Kier molecular flexibility index (Phi) is 5.75. The van der Waals surface area contributed by atoms with Crippen LogP contribution in [-0.2, 0) is 0 Å². The Labute approximate surface area is 140 Å². The fourth-order valence-corrected chi connectivity index (χ4v) is 2.25. The molecule has 114 valence electrons. The lowest BCUT2D eigenvalue weighted by molar-refractivity contribution is 0.415. The first-order valence-electron chi connectivity index (χ1n) is 6.59. The molecule has 0 spiro atoms. The molecule has 0 saturated heterocycles. The van der Waals surface area contributed by atoms with E-state index in [1.165, 1.54) is 0 Å². The Hall–Kier alpha value is -2.11. The van der Waals surface area contributed by atoms with Crippen molar-refractivity contribution in [3.8, 4) is 5.75 Å². The third-order valence-electron chi connectivity index (χ3n) is 2.83. The SMILES string of the molecule is COc1ccc(/C=N\NC(=S)Nc2cccc(C)c2)cc1Cl. The van der Waals surface area contributed by atoms with E-state index in [4.69, 9.17) is 28.6 Å². The van der Waals surface area contributed by atoms with E-state index in [9.17, 15) is 0 Å². The smallest absolute Gasteiger partial charge is 0.191 e. The van der Waals surface area contributed by atoms with Crippen molar-refractivity contribution >= 4 is 40.8 Å². The molecule has 4 nitrogen and oxygen atoms in total. The van der Waals surface area contributed by atoms with E-state index in [2.05, 4.69) is 15.8 Å². The molecule has 0 aliphatic rings. The lowest BCUT2D eigenvalue weighted by atomic mass is 10.2. The minimum absolute atomic E-state index is 0.418. The van der Waals surface area contributed by atoms with Crippen molar-refractivity contribution in [1.29, 1.82) is 0 Å². The molecule has 0 atom stereocenters. The molecule has 0 aromatic heterocycles. The Bertz CT molecular complexity index is 704. The summed E-state index contributed by atoms with van der Waals surface area (Å²) in [5.74, 6) is 0.628. The van der Waals surface area contributed by atoms with Gasteiger partial charge in [-0.15, -0.1) is 0 Å². The van der Waals surface area contributed by atoms with Crippen molar-refractivity contribution in [1.82, 2.24) is 5.43 Å². The maximum absolute atomic E-state index is 6.05. The van der Waals surface area contributed by atoms with E-state index in [1.54, 1.807) is 25.5 Å². The van der Waals surface area contributed by atoms with Crippen LogP contribution in [0.15, 0.2) is 47.6 Å². The van der Waals surface area contributed by atoms with Crippen molar-refractivity contribution < 1.29 is 4.74 Å². The van der Waals surface area contributed by atoms with Gasteiger partial charge in [-0.2, -0.15) is 5.10 Å². The average Bonchev–Trinajstić information content (AvgIpc) is 2.47. The molecule has 0 saturated carbocycles. The normalized spacial score (nSPS) is 10.5. The van der Waals surface area contributed by atoms with E-state index in [-0.39, 0.29) is 0 Å². The number of aryl methyl sites for hydroxylation is 1. The molecule has 0 aliphatic carbocycles. The van der Waals surface area contributed by atoms with Crippen molar-refractivity contribution in [3.63, 3.8) is 0 Å². The molecular weight excluding hydrogens is 318 g/mol. The standard InChI is InChI=1S/C16H16ClN3OS/c1-11-4-3-5-13(8-11)19-16(22)20-18-10-12-6-7-15(21-2)14(17)9-12/h3-10H,1-2H3,(H2,19,20,22)/b18-10-. The molecular formula is C16H16ClN3OS. The number of hydrogen-bond acceptors (Lipinski definition) is 3. The van der Waals surface area contributed by atoms with Crippen molar-refractivity contribution in [2.45, 2.75) is 6.92 Å². The summed E-state index contributed by atoms with van der Waals surface area (Å²) in [5, 5.41) is 8.09. The number of benzene rings is 2. The Morgan fingerprint density at radius 3 is 2.77 bits per heavy atom. The summed E-state index contributed by atoms with van der Waals surface area (Å²) < 4.78 is 5.10. The second-order valence-corrected chi connectivity index (χ2v) is 5.40. The minimum atomic E-state index is 0.418. The summed E-state index contributed by atoms with van der Waals surface area (Å²) in [7, 11) is 1.58. The van der Waals surface area contributed by atoms with Gasteiger partial charge in [0.15, 0.2) is 5.11 Å². The lowest BCUT2D eigenvalue weighted by Gasteiger charge is -2.07. The van der Waals surface area contributed by atoms with E-state index < -0.39 is 0 Å². The second-order valence-electron chi connectivity index (χ2n) is 4.59. The van der Waals surface area contributed by atoms with Crippen LogP contribution < -0.4 is 15.5 Å². The van der Waals surface area contributed by atoms with Crippen LogP contribution >= 0.6 is 23.8 Å². The van der Waals surface area contributed by atoms with Crippen LogP contribution in [0, 0.1) is 6.92 Å². The number of hydrazone groups is 1. The highest BCUT2D eigenvalue weighted by Crippen LogP contribution is 2.24. The predicted molar refractivity (Wildman–Crippen MR) is 96.1 cm³/mol. The number of rotatable bonds is 4. The maximum atomic E-state index is 6.05. The van der Waals surface area contributed by atoms with Crippen molar-refractivity contribution in [2.75, 3.05) is 12.4 Å². The first-order chi connectivity index (χ1) is 10.6. The van der Waals surface area contributed by atoms with E-state index in [0.717, 1.165) is 16.8 Å². The molecule has 0 heterocycles. The quantitative estimate of drug-likeness (QED) is 0.505. The van der Waals surface area contributed by atoms with E-state index in [0.29, 0.717) is 15.9 Å². The molecule has 6 heteroatoms. The molecule has 22 heavy (non-hydrogen) atoms. The largest absolute Gasteiger partial charge is 0.495 e. The van der Waals surface area contributed by atoms with E-state index >= 15 is 0 Å². The van der Waals surface area contributed by atoms with Gasteiger partial charge in [0.25, 0.3) is 0 Å². The molecule has 2 N–H and O–H groups in total. The highest BCUT2D eigenvalue weighted by molar-refractivity contribution is 7.80. The summed E-state index contributed by atoms with van der Waals surface area (Å²) in [5.41, 5.74) is 5.68. The predicted octanol–water partition coefficient (Wildman–Crippen LogP) is 3.98. The first-order valence-corrected chi connectivity index (χ1v) is 7.37. The van der Waals surface area contributed by atoms with Crippen LogP contribution in [0.2, 0.25) is 5.02 Å². The maximum Gasteiger partial charge on any atom is 0.191 e. The zero-order valence-electron chi connectivity index (χ0n) is 12.3. The molecule has 0 radical (unpaired) electrons. The van der Waals surface area contributed by atoms with Crippen LogP contribution in [0.5, 0.6) is 5.75 Å². The van der Waals surface area contributed by atoms with Crippen molar-refractivity contribution in [2.24, 2.45) is 5.10 Å². The van der Waals surface area contributed by atoms with Gasteiger partial charge in [-0.05, 0) is 60.6 Å². The number of methoxy groups -OCH3 is 1. The highest BCUT2D eigenvalue weighted by atomic mass is 35.5. The zero-order valence-corrected chi connectivity index (χ0v) is 13.8. The van der Waals surface area contributed by atoms with Gasteiger partial charge >= 0.3 is 0 Å². The number of nitrogens with one attached hydrogen (secondary N) is 2. The second kappa shape index (κ2) is 7.77. The minimum Gasteiger partial charge on any atom is -0.495 e.